The summed E-state index contributed by atoms with van der Waals surface area (Å²) in [6.07, 6.45) is 0. The summed E-state index contributed by atoms with van der Waals surface area (Å²) in [5.74, 6) is 0.990. The number of anilines is 2. The molecule has 0 unspecified atom stereocenters. The molecular formula is C16H18N2O2S. The number of hydrogen-bond acceptors (Lipinski definition) is 4. The second-order valence-electron chi connectivity index (χ2n) is 4.59. The first-order valence-electron chi connectivity index (χ1n) is 6.51. The molecule has 2 rings (SSSR count). The summed E-state index contributed by atoms with van der Waals surface area (Å²) in [6.45, 7) is 2.00. The topological polar surface area (TPSA) is 64.3 Å². The Hall–Kier alpha value is -2.14. The standard InChI is InChI=1S/C16H18N2O2S/c1-11-6-7-12(17)8-15(11)21-10-16(19)18-13-4-3-5-14(9-13)20-2/h3-9H,10,17H2,1-2H3,(H,18,19). The van der Waals surface area contributed by atoms with Crippen molar-refractivity contribution in [3.8, 4) is 5.75 Å². The highest BCUT2D eigenvalue weighted by Crippen LogP contribution is 2.25. The van der Waals surface area contributed by atoms with E-state index in [4.69, 9.17) is 10.5 Å². The molecule has 0 saturated carbocycles. The van der Waals surface area contributed by atoms with Crippen LogP contribution in [-0.4, -0.2) is 18.8 Å². The molecule has 0 radical (unpaired) electrons. The average Bonchev–Trinajstić information content (AvgIpc) is 2.48. The van der Waals surface area contributed by atoms with Crippen LogP contribution in [0.3, 0.4) is 0 Å². The molecule has 0 aliphatic rings. The molecule has 0 atom stereocenters. The maximum atomic E-state index is 12.0. The molecule has 21 heavy (non-hydrogen) atoms. The molecule has 5 heteroatoms. The van der Waals surface area contributed by atoms with Crippen molar-refractivity contribution in [2.75, 3.05) is 23.9 Å². The first-order valence-corrected chi connectivity index (χ1v) is 7.50. The van der Waals surface area contributed by atoms with Gasteiger partial charge in [0.25, 0.3) is 0 Å². The van der Waals surface area contributed by atoms with Crippen molar-refractivity contribution in [1.82, 2.24) is 0 Å². The zero-order valence-electron chi connectivity index (χ0n) is 12.1. The molecule has 110 valence electrons. The van der Waals surface area contributed by atoms with Gasteiger partial charge in [-0.15, -0.1) is 11.8 Å². The highest BCUT2D eigenvalue weighted by atomic mass is 32.2. The molecule has 3 N–H and O–H groups in total. The Kier molecular flexibility index (Phi) is 5.11. The molecule has 0 aromatic heterocycles. The van der Waals surface area contributed by atoms with Crippen LogP contribution in [0.5, 0.6) is 5.75 Å². The maximum Gasteiger partial charge on any atom is 0.234 e. The van der Waals surface area contributed by atoms with Crippen LogP contribution in [0.2, 0.25) is 0 Å². The number of rotatable bonds is 5. The number of hydrogen-bond donors (Lipinski definition) is 2. The van der Waals surface area contributed by atoms with Crippen LogP contribution in [0, 0.1) is 6.92 Å². The number of thioether (sulfide) groups is 1. The minimum atomic E-state index is -0.0601. The van der Waals surface area contributed by atoms with Gasteiger partial charge in [-0.2, -0.15) is 0 Å². The summed E-state index contributed by atoms with van der Waals surface area (Å²) >= 11 is 1.48. The number of nitrogen functional groups attached to an aromatic ring is 1. The summed E-state index contributed by atoms with van der Waals surface area (Å²) in [7, 11) is 1.60. The summed E-state index contributed by atoms with van der Waals surface area (Å²) in [6, 6.07) is 13.0. The van der Waals surface area contributed by atoms with E-state index < -0.39 is 0 Å². The van der Waals surface area contributed by atoms with Gasteiger partial charge in [0.15, 0.2) is 0 Å². The fraction of sp³-hybridized carbons (Fsp3) is 0.188. The summed E-state index contributed by atoms with van der Waals surface area (Å²) in [4.78, 5) is 13.0. The van der Waals surface area contributed by atoms with Crippen molar-refractivity contribution in [2.45, 2.75) is 11.8 Å². The van der Waals surface area contributed by atoms with E-state index in [1.807, 2.05) is 43.3 Å². The van der Waals surface area contributed by atoms with E-state index in [9.17, 15) is 4.79 Å². The van der Waals surface area contributed by atoms with Gasteiger partial charge in [-0.25, -0.2) is 0 Å². The zero-order chi connectivity index (χ0) is 15.2. The van der Waals surface area contributed by atoms with E-state index in [-0.39, 0.29) is 5.91 Å². The van der Waals surface area contributed by atoms with Gasteiger partial charge >= 0.3 is 0 Å². The number of benzene rings is 2. The summed E-state index contributed by atoms with van der Waals surface area (Å²) in [5.41, 5.74) is 8.31. The van der Waals surface area contributed by atoms with E-state index in [0.717, 1.165) is 16.1 Å². The van der Waals surface area contributed by atoms with Crippen LogP contribution < -0.4 is 15.8 Å². The molecule has 0 aliphatic carbocycles. The maximum absolute atomic E-state index is 12.0. The second-order valence-corrected chi connectivity index (χ2v) is 5.61. The van der Waals surface area contributed by atoms with Crippen LogP contribution in [0.4, 0.5) is 11.4 Å². The van der Waals surface area contributed by atoms with Gasteiger partial charge in [0, 0.05) is 22.3 Å². The van der Waals surface area contributed by atoms with Crippen molar-refractivity contribution in [3.05, 3.63) is 48.0 Å². The molecule has 1 amide bonds. The highest BCUT2D eigenvalue weighted by molar-refractivity contribution is 8.00. The Balaban J connectivity index is 1.94. The van der Waals surface area contributed by atoms with E-state index >= 15 is 0 Å². The summed E-state index contributed by atoms with van der Waals surface area (Å²) in [5, 5.41) is 2.85. The van der Waals surface area contributed by atoms with Gasteiger partial charge < -0.3 is 15.8 Å². The van der Waals surface area contributed by atoms with Gasteiger partial charge in [-0.1, -0.05) is 12.1 Å². The molecule has 0 saturated heterocycles. The van der Waals surface area contributed by atoms with Crippen LogP contribution in [0.15, 0.2) is 47.4 Å². The largest absolute Gasteiger partial charge is 0.497 e. The lowest BCUT2D eigenvalue weighted by molar-refractivity contribution is -0.113. The fourth-order valence-electron chi connectivity index (χ4n) is 1.81. The first-order chi connectivity index (χ1) is 10.1. The SMILES string of the molecule is COc1cccc(NC(=O)CSc2cc(N)ccc2C)c1. The highest BCUT2D eigenvalue weighted by Gasteiger charge is 2.06. The Labute approximate surface area is 128 Å². The van der Waals surface area contributed by atoms with E-state index in [0.29, 0.717) is 17.2 Å². The van der Waals surface area contributed by atoms with Gasteiger partial charge in [-0.3, -0.25) is 4.79 Å². The number of nitrogens with one attached hydrogen (secondary N) is 1. The molecule has 0 bridgehead atoms. The van der Waals surface area contributed by atoms with E-state index in [1.54, 1.807) is 13.2 Å². The number of carbonyl (C=O) groups is 1. The van der Waals surface area contributed by atoms with Crippen LogP contribution >= 0.6 is 11.8 Å². The Morgan fingerprint density at radius 1 is 1.29 bits per heavy atom. The number of nitrogens with two attached hydrogens (primary N) is 1. The quantitative estimate of drug-likeness (QED) is 0.657. The van der Waals surface area contributed by atoms with Crippen molar-refractivity contribution in [2.24, 2.45) is 0 Å². The first kappa shape index (κ1) is 15.3. The van der Waals surface area contributed by atoms with Crippen LogP contribution in [-0.2, 0) is 4.79 Å². The number of amides is 1. The van der Waals surface area contributed by atoms with Crippen molar-refractivity contribution < 1.29 is 9.53 Å². The fourth-order valence-corrected chi connectivity index (χ4v) is 2.69. The summed E-state index contributed by atoms with van der Waals surface area (Å²) < 4.78 is 5.12. The minimum absolute atomic E-state index is 0.0601. The number of ether oxygens (including phenoxy) is 1. The lowest BCUT2D eigenvalue weighted by Gasteiger charge is -2.08. The van der Waals surface area contributed by atoms with Crippen molar-refractivity contribution >= 4 is 29.0 Å². The lowest BCUT2D eigenvalue weighted by Crippen LogP contribution is -2.14. The molecule has 4 nitrogen and oxygen atoms in total. The number of aryl methyl sites for hydroxylation is 1. The molecule has 0 heterocycles. The molecule has 0 spiro atoms. The molecular weight excluding hydrogens is 284 g/mol. The molecule has 0 aliphatic heterocycles. The van der Waals surface area contributed by atoms with Gasteiger partial charge in [0.1, 0.15) is 5.75 Å². The third kappa shape index (κ3) is 4.43. The zero-order valence-corrected chi connectivity index (χ0v) is 12.9. The van der Waals surface area contributed by atoms with Gasteiger partial charge in [0.2, 0.25) is 5.91 Å². The van der Waals surface area contributed by atoms with Gasteiger partial charge in [-0.05, 0) is 36.8 Å². The van der Waals surface area contributed by atoms with Crippen molar-refractivity contribution in [3.63, 3.8) is 0 Å². The predicted molar refractivity (Wildman–Crippen MR) is 87.9 cm³/mol. The van der Waals surface area contributed by atoms with E-state index in [2.05, 4.69) is 5.32 Å². The van der Waals surface area contributed by atoms with Gasteiger partial charge in [0.05, 0.1) is 12.9 Å². The molecule has 2 aromatic rings. The van der Waals surface area contributed by atoms with Crippen molar-refractivity contribution in [1.29, 1.82) is 0 Å². The monoisotopic (exact) mass is 302 g/mol. The normalized spacial score (nSPS) is 10.2. The third-order valence-corrected chi connectivity index (χ3v) is 4.08. The molecule has 0 fully saturated rings. The molecule has 2 aromatic carbocycles. The smallest absolute Gasteiger partial charge is 0.234 e. The predicted octanol–water partition coefficient (Wildman–Crippen LogP) is 3.32. The van der Waals surface area contributed by atoms with Crippen LogP contribution in [0.1, 0.15) is 5.56 Å². The Bertz CT molecular complexity index is 644. The Morgan fingerprint density at radius 2 is 2.10 bits per heavy atom. The average molecular weight is 302 g/mol. The third-order valence-electron chi connectivity index (χ3n) is 2.92. The number of carbonyl (C=O) groups excluding carboxylic acids is 1. The van der Waals surface area contributed by atoms with Crippen LogP contribution in [0.25, 0.3) is 0 Å². The Morgan fingerprint density at radius 3 is 2.86 bits per heavy atom. The second kappa shape index (κ2) is 7.04. The van der Waals surface area contributed by atoms with E-state index in [1.165, 1.54) is 11.8 Å². The number of methoxy groups -OCH3 is 1. The lowest BCUT2D eigenvalue weighted by atomic mass is 10.2. The minimum Gasteiger partial charge on any atom is -0.497 e.